The van der Waals surface area contributed by atoms with Crippen molar-refractivity contribution in [2.45, 2.75) is 47.1 Å². The molecule has 128 valence electrons. The van der Waals surface area contributed by atoms with Crippen molar-refractivity contribution >= 4 is 28.9 Å². The summed E-state index contributed by atoms with van der Waals surface area (Å²) < 4.78 is 5.31. The molecule has 0 bridgehead atoms. The quantitative estimate of drug-likeness (QED) is 0.816. The second kappa shape index (κ2) is 7.62. The second-order valence-electron chi connectivity index (χ2n) is 5.90. The molecule has 1 N–H and O–H groups in total. The Labute approximate surface area is 146 Å². The fourth-order valence-corrected chi connectivity index (χ4v) is 3.43. The van der Waals surface area contributed by atoms with E-state index in [4.69, 9.17) is 4.74 Å². The van der Waals surface area contributed by atoms with Gasteiger partial charge in [-0.3, -0.25) is 4.79 Å². The molecule has 1 aromatic heterocycles. The minimum absolute atomic E-state index is 0.334. The van der Waals surface area contributed by atoms with E-state index in [0.29, 0.717) is 4.88 Å². The number of carbonyl (C=O) groups is 2. The number of amides is 1. The molecule has 0 saturated carbocycles. The molecule has 0 aliphatic carbocycles. The van der Waals surface area contributed by atoms with E-state index in [-0.39, 0.29) is 5.91 Å². The van der Waals surface area contributed by atoms with Gasteiger partial charge in [-0.25, -0.2) is 4.79 Å². The van der Waals surface area contributed by atoms with E-state index in [1.54, 1.807) is 6.92 Å². The SMILES string of the molecule is CCc1cc(C(=O)O[C@H](C)C(=O)Nc2ccc(C)cc2C)sc1C. The summed E-state index contributed by atoms with van der Waals surface area (Å²) >= 11 is 1.40. The Hall–Kier alpha value is -2.14. The fourth-order valence-electron chi connectivity index (χ4n) is 2.43. The Morgan fingerprint density at radius 1 is 1.21 bits per heavy atom. The van der Waals surface area contributed by atoms with Crippen molar-refractivity contribution in [3.63, 3.8) is 0 Å². The molecule has 0 aliphatic rings. The van der Waals surface area contributed by atoms with Gasteiger partial charge in [0, 0.05) is 10.6 Å². The van der Waals surface area contributed by atoms with Crippen LogP contribution in [0.5, 0.6) is 0 Å². The maximum Gasteiger partial charge on any atom is 0.349 e. The van der Waals surface area contributed by atoms with Gasteiger partial charge >= 0.3 is 5.97 Å². The topological polar surface area (TPSA) is 55.4 Å². The first kappa shape index (κ1) is 18.2. The molecule has 1 aromatic carbocycles. The third kappa shape index (κ3) is 4.23. The molecule has 0 saturated heterocycles. The van der Waals surface area contributed by atoms with E-state index in [9.17, 15) is 9.59 Å². The summed E-state index contributed by atoms with van der Waals surface area (Å²) in [4.78, 5) is 26.1. The van der Waals surface area contributed by atoms with Crippen LogP contribution in [-0.4, -0.2) is 18.0 Å². The Morgan fingerprint density at radius 3 is 2.50 bits per heavy atom. The minimum Gasteiger partial charge on any atom is -0.448 e. The first-order valence-electron chi connectivity index (χ1n) is 8.00. The Bertz CT molecular complexity index is 764. The second-order valence-corrected chi connectivity index (χ2v) is 7.16. The molecular formula is C19H23NO3S. The van der Waals surface area contributed by atoms with E-state index in [0.717, 1.165) is 33.7 Å². The van der Waals surface area contributed by atoms with Crippen LogP contribution in [0.1, 0.15) is 45.1 Å². The largest absolute Gasteiger partial charge is 0.448 e. The number of rotatable bonds is 5. The number of hydrogen-bond donors (Lipinski definition) is 1. The molecular weight excluding hydrogens is 322 g/mol. The highest BCUT2D eigenvalue weighted by atomic mass is 32.1. The lowest BCUT2D eigenvalue weighted by atomic mass is 10.1. The van der Waals surface area contributed by atoms with Crippen LogP contribution in [0.15, 0.2) is 24.3 Å². The summed E-state index contributed by atoms with van der Waals surface area (Å²) in [5, 5.41) is 2.81. The molecule has 1 atom stereocenters. The third-order valence-electron chi connectivity index (χ3n) is 3.90. The normalized spacial score (nSPS) is 11.9. The molecule has 1 heterocycles. The Morgan fingerprint density at radius 2 is 1.92 bits per heavy atom. The molecule has 2 aromatic rings. The van der Waals surface area contributed by atoms with Crippen LogP contribution in [0.4, 0.5) is 5.69 Å². The van der Waals surface area contributed by atoms with Crippen molar-refractivity contribution in [3.05, 3.63) is 50.7 Å². The zero-order valence-corrected chi connectivity index (χ0v) is 15.5. The molecule has 0 spiro atoms. The molecule has 0 fully saturated rings. The number of benzene rings is 1. The Kier molecular flexibility index (Phi) is 5.78. The van der Waals surface area contributed by atoms with Gasteiger partial charge in [-0.1, -0.05) is 24.6 Å². The monoisotopic (exact) mass is 345 g/mol. The highest BCUT2D eigenvalue weighted by molar-refractivity contribution is 7.14. The van der Waals surface area contributed by atoms with Gasteiger partial charge in [-0.05, 0) is 57.4 Å². The third-order valence-corrected chi connectivity index (χ3v) is 4.97. The highest BCUT2D eigenvalue weighted by Gasteiger charge is 2.21. The fraction of sp³-hybridized carbons (Fsp3) is 0.368. The van der Waals surface area contributed by atoms with Gasteiger partial charge in [0.1, 0.15) is 4.88 Å². The van der Waals surface area contributed by atoms with Gasteiger partial charge in [-0.15, -0.1) is 11.3 Å². The lowest BCUT2D eigenvalue weighted by molar-refractivity contribution is -0.123. The van der Waals surface area contributed by atoms with Gasteiger partial charge < -0.3 is 10.1 Å². The highest BCUT2D eigenvalue weighted by Crippen LogP contribution is 2.23. The first-order valence-corrected chi connectivity index (χ1v) is 8.81. The summed E-state index contributed by atoms with van der Waals surface area (Å²) in [6.45, 7) is 9.54. The predicted molar refractivity (Wildman–Crippen MR) is 97.9 cm³/mol. The molecule has 0 radical (unpaired) electrons. The number of carbonyl (C=O) groups excluding carboxylic acids is 2. The van der Waals surface area contributed by atoms with E-state index in [1.165, 1.54) is 11.3 Å². The molecule has 4 nitrogen and oxygen atoms in total. The zero-order valence-electron chi connectivity index (χ0n) is 14.7. The molecule has 0 unspecified atom stereocenters. The summed E-state index contributed by atoms with van der Waals surface area (Å²) in [6.07, 6.45) is 0.0175. The van der Waals surface area contributed by atoms with Crippen LogP contribution >= 0.6 is 11.3 Å². The van der Waals surface area contributed by atoms with Gasteiger partial charge in [0.05, 0.1) is 0 Å². The standard InChI is InChI=1S/C19H23NO3S/c1-6-15-10-17(24-14(15)5)19(22)23-13(4)18(21)20-16-8-7-11(2)9-12(16)3/h7-10,13H,6H2,1-5H3,(H,20,21)/t13-/m1/s1. The van der Waals surface area contributed by atoms with Gasteiger partial charge in [-0.2, -0.15) is 0 Å². The maximum absolute atomic E-state index is 12.3. The van der Waals surface area contributed by atoms with E-state index >= 15 is 0 Å². The number of nitrogens with one attached hydrogen (secondary N) is 1. The zero-order chi connectivity index (χ0) is 17.9. The molecule has 1 amide bonds. The number of hydrogen-bond acceptors (Lipinski definition) is 4. The van der Waals surface area contributed by atoms with E-state index < -0.39 is 12.1 Å². The summed E-state index contributed by atoms with van der Waals surface area (Å²) in [7, 11) is 0. The molecule has 24 heavy (non-hydrogen) atoms. The van der Waals surface area contributed by atoms with Gasteiger partial charge in [0.15, 0.2) is 6.10 Å². The molecule has 0 aliphatic heterocycles. The Balaban J connectivity index is 2.01. The van der Waals surface area contributed by atoms with Crippen molar-refractivity contribution in [1.82, 2.24) is 0 Å². The lowest BCUT2D eigenvalue weighted by Gasteiger charge is -2.14. The van der Waals surface area contributed by atoms with Crippen LogP contribution < -0.4 is 5.32 Å². The summed E-state index contributed by atoms with van der Waals surface area (Å²) in [5.74, 6) is -0.787. The smallest absolute Gasteiger partial charge is 0.349 e. The molecule has 2 rings (SSSR count). The van der Waals surface area contributed by atoms with Crippen molar-refractivity contribution in [3.8, 4) is 0 Å². The summed E-state index contributed by atoms with van der Waals surface area (Å²) in [5.41, 5.74) is 3.97. The molecule has 5 heteroatoms. The average Bonchev–Trinajstić information content (AvgIpc) is 2.91. The van der Waals surface area contributed by atoms with Crippen molar-refractivity contribution in [1.29, 1.82) is 0 Å². The number of thiophene rings is 1. The number of ether oxygens (including phenoxy) is 1. The van der Waals surface area contributed by atoms with E-state index in [2.05, 4.69) is 5.32 Å². The van der Waals surface area contributed by atoms with E-state index in [1.807, 2.05) is 52.0 Å². The van der Waals surface area contributed by atoms with Crippen LogP contribution in [-0.2, 0) is 16.0 Å². The maximum atomic E-state index is 12.3. The lowest BCUT2D eigenvalue weighted by Crippen LogP contribution is -2.30. The van der Waals surface area contributed by atoms with Crippen LogP contribution in [0.25, 0.3) is 0 Å². The first-order chi connectivity index (χ1) is 11.3. The van der Waals surface area contributed by atoms with Crippen molar-refractivity contribution < 1.29 is 14.3 Å². The number of anilines is 1. The van der Waals surface area contributed by atoms with Gasteiger partial charge in [0.25, 0.3) is 5.91 Å². The minimum atomic E-state index is -0.856. The average molecular weight is 345 g/mol. The predicted octanol–water partition coefficient (Wildman–Crippen LogP) is 4.42. The summed E-state index contributed by atoms with van der Waals surface area (Å²) in [6, 6.07) is 7.62. The number of esters is 1. The number of aryl methyl sites for hydroxylation is 4. The van der Waals surface area contributed by atoms with Gasteiger partial charge in [0.2, 0.25) is 0 Å². The van der Waals surface area contributed by atoms with Crippen molar-refractivity contribution in [2.75, 3.05) is 5.32 Å². The van der Waals surface area contributed by atoms with Crippen LogP contribution in [0, 0.1) is 20.8 Å². The van der Waals surface area contributed by atoms with Crippen molar-refractivity contribution in [2.24, 2.45) is 0 Å². The van der Waals surface area contributed by atoms with Crippen LogP contribution in [0.3, 0.4) is 0 Å². The van der Waals surface area contributed by atoms with Crippen LogP contribution in [0.2, 0.25) is 0 Å².